The summed E-state index contributed by atoms with van der Waals surface area (Å²) >= 11 is 0. The molecule has 1 aliphatic rings. The van der Waals surface area contributed by atoms with Crippen LogP contribution < -0.4 is 0 Å². The van der Waals surface area contributed by atoms with Gasteiger partial charge in [0.05, 0.1) is 17.5 Å². The minimum Gasteiger partial charge on any atom is -0.453 e. The Morgan fingerprint density at radius 1 is 1.03 bits per heavy atom. The zero-order chi connectivity index (χ0) is 21.3. The zero-order valence-corrected chi connectivity index (χ0v) is 16.5. The molecule has 0 saturated heterocycles. The van der Waals surface area contributed by atoms with Crippen molar-refractivity contribution in [3.05, 3.63) is 71.1 Å². The standard InChI is InChI=1S/C22H19N3O5/c1-13-7-9-15(10-8-13)20-24-23-19(30-20)14(2)29-18(26)11-12-25-21(27)16-5-3-4-6-17(16)22(25)28/h3-10,14H,11-12H2,1-2H3/t14-/m1/s1. The number of imide groups is 1. The quantitative estimate of drug-likeness (QED) is 0.458. The number of fused-ring (bicyclic) bond motifs is 1. The van der Waals surface area contributed by atoms with Crippen LogP contribution in [0, 0.1) is 6.92 Å². The van der Waals surface area contributed by atoms with E-state index in [1.807, 2.05) is 31.2 Å². The fourth-order valence-electron chi connectivity index (χ4n) is 3.16. The summed E-state index contributed by atoms with van der Waals surface area (Å²) in [4.78, 5) is 38.0. The van der Waals surface area contributed by atoms with Gasteiger partial charge in [0.2, 0.25) is 5.89 Å². The summed E-state index contributed by atoms with van der Waals surface area (Å²) in [6.07, 6.45) is -0.888. The third kappa shape index (κ3) is 3.71. The maximum absolute atomic E-state index is 12.3. The number of rotatable bonds is 6. The monoisotopic (exact) mass is 405 g/mol. The van der Waals surface area contributed by atoms with Crippen LogP contribution in [0.2, 0.25) is 0 Å². The van der Waals surface area contributed by atoms with Crippen molar-refractivity contribution in [1.82, 2.24) is 15.1 Å². The Bertz CT molecular complexity index is 1080. The van der Waals surface area contributed by atoms with Crippen molar-refractivity contribution in [3.8, 4) is 11.5 Å². The number of carbonyl (C=O) groups excluding carboxylic acids is 3. The summed E-state index contributed by atoms with van der Waals surface area (Å²) in [6.45, 7) is 3.54. The van der Waals surface area contributed by atoms with Crippen LogP contribution in [-0.2, 0) is 9.53 Å². The van der Waals surface area contributed by atoms with Gasteiger partial charge in [0, 0.05) is 12.1 Å². The third-order valence-corrected chi connectivity index (χ3v) is 4.81. The Morgan fingerprint density at radius 2 is 1.67 bits per heavy atom. The fraction of sp³-hybridized carbons (Fsp3) is 0.227. The predicted molar refractivity (Wildman–Crippen MR) is 105 cm³/mol. The molecule has 8 heteroatoms. The highest BCUT2D eigenvalue weighted by molar-refractivity contribution is 6.21. The summed E-state index contributed by atoms with van der Waals surface area (Å²) in [6, 6.07) is 14.2. The molecule has 1 atom stereocenters. The second-order valence-corrected chi connectivity index (χ2v) is 7.00. The number of hydrogen-bond acceptors (Lipinski definition) is 7. The van der Waals surface area contributed by atoms with Crippen LogP contribution in [0.4, 0.5) is 0 Å². The van der Waals surface area contributed by atoms with E-state index in [0.29, 0.717) is 17.0 Å². The number of nitrogens with zero attached hydrogens (tertiary/aromatic N) is 3. The number of benzene rings is 2. The van der Waals surface area contributed by atoms with E-state index >= 15 is 0 Å². The average Bonchev–Trinajstić information content (AvgIpc) is 3.32. The van der Waals surface area contributed by atoms with Crippen LogP contribution in [0.15, 0.2) is 52.9 Å². The molecule has 0 fully saturated rings. The van der Waals surface area contributed by atoms with Crippen molar-refractivity contribution in [2.24, 2.45) is 0 Å². The van der Waals surface area contributed by atoms with E-state index in [9.17, 15) is 14.4 Å². The van der Waals surface area contributed by atoms with Crippen LogP contribution in [0.3, 0.4) is 0 Å². The Labute approximate surface area is 172 Å². The van der Waals surface area contributed by atoms with Gasteiger partial charge in [0.15, 0.2) is 6.10 Å². The van der Waals surface area contributed by atoms with Crippen molar-refractivity contribution < 1.29 is 23.5 Å². The maximum Gasteiger partial charge on any atom is 0.308 e. The molecule has 2 aromatic carbocycles. The van der Waals surface area contributed by atoms with E-state index < -0.39 is 23.9 Å². The van der Waals surface area contributed by atoms with Gasteiger partial charge in [-0.3, -0.25) is 19.3 Å². The second-order valence-electron chi connectivity index (χ2n) is 7.00. The van der Waals surface area contributed by atoms with Crippen LogP contribution >= 0.6 is 0 Å². The molecule has 2 heterocycles. The van der Waals surface area contributed by atoms with Crippen LogP contribution in [0.1, 0.15) is 51.6 Å². The van der Waals surface area contributed by atoms with E-state index in [-0.39, 0.29) is 18.9 Å². The first-order valence-electron chi connectivity index (χ1n) is 9.49. The number of carbonyl (C=O) groups is 3. The van der Waals surface area contributed by atoms with Gasteiger partial charge in [-0.05, 0) is 38.1 Å². The van der Waals surface area contributed by atoms with Gasteiger partial charge in [-0.15, -0.1) is 10.2 Å². The molecule has 0 unspecified atom stereocenters. The van der Waals surface area contributed by atoms with Gasteiger partial charge in [0.25, 0.3) is 17.7 Å². The molecular formula is C22H19N3O5. The summed E-state index contributed by atoms with van der Waals surface area (Å²) in [7, 11) is 0. The number of hydrogen-bond donors (Lipinski definition) is 0. The Morgan fingerprint density at radius 3 is 2.30 bits per heavy atom. The van der Waals surface area contributed by atoms with Crippen molar-refractivity contribution in [3.63, 3.8) is 0 Å². The lowest BCUT2D eigenvalue weighted by Gasteiger charge is -2.14. The molecule has 30 heavy (non-hydrogen) atoms. The second kappa shape index (κ2) is 7.90. The molecule has 0 N–H and O–H groups in total. The van der Waals surface area contributed by atoms with Gasteiger partial charge in [0.1, 0.15) is 0 Å². The lowest BCUT2D eigenvalue weighted by molar-refractivity contribution is -0.149. The van der Waals surface area contributed by atoms with Crippen LogP contribution in [0.5, 0.6) is 0 Å². The summed E-state index contributed by atoms with van der Waals surface area (Å²) in [5.74, 6) is -0.889. The number of ether oxygens (including phenoxy) is 1. The van der Waals surface area contributed by atoms with Gasteiger partial charge in [-0.25, -0.2) is 0 Å². The van der Waals surface area contributed by atoms with Crippen LogP contribution in [-0.4, -0.2) is 39.4 Å². The molecule has 2 amide bonds. The Hall–Kier alpha value is -3.81. The molecule has 8 nitrogen and oxygen atoms in total. The molecular weight excluding hydrogens is 386 g/mol. The van der Waals surface area contributed by atoms with Crippen molar-refractivity contribution in [2.75, 3.05) is 6.54 Å². The fourth-order valence-corrected chi connectivity index (χ4v) is 3.16. The predicted octanol–water partition coefficient (Wildman–Crippen LogP) is 3.34. The third-order valence-electron chi connectivity index (χ3n) is 4.81. The van der Waals surface area contributed by atoms with E-state index in [1.165, 1.54) is 0 Å². The molecule has 0 bridgehead atoms. The molecule has 3 aromatic rings. The Balaban J connectivity index is 1.34. The van der Waals surface area contributed by atoms with Gasteiger partial charge in [-0.1, -0.05) is 29.8 Å². The molecule has 0 radical (unpaired) electrons. The number of amides is 2. The smallest absolute Gasteiger partial charge is 0.308 e. The first-order chi connectivity index (χ1) is 14.4. The minimum atomic E-state index is -0.758. The molecule has 0 aliphatic carbocycles. The number of aromatic nitrogens is 2. The van der Waals surface area contributed by atoms with E-state index in [4.69, 9.17) is 9.15 Å². The first kappa shape index (κ1) is 19.5. The minimum absolute atomic E-state index is 0.0592. The summed E-state index contributed by atoms with van der Waals surface area (Å²) < 4.78 is 10.9. The molecule has 0 spiro atoms. The topological polar surface area (TPSA) is 103 Å². The van der Waals surface area contributed by atoms with Gasteiger partial charge < -0.3 is 9.15 Å². The molecule has 0 saturated carbocycles. The summed E-state index contributed by atoms with van der Waals surface area (Å²) in [5, 5.41) is 7.94. The van der Waals surface area contributed by atoms with Crippen LogP contribution in [0.25, 0.3) is 11.5 Å². The molecule has 1 aromatic heterocycles. The summed E-state index contributed by atoms with van der Waals surface area (Å²) in [5.41, 5.74) is 2.57. The van der Waals surface area contributed by atoms with Crippen molar-refractivity contribution in [2.45, 2.75) is 26.4 Å². The van der Waals surface area contributed by atoms with Gasteiger partial charge in [-0.2, -0.15) is 0 Å². The normalized spacial score (nSPS) is 14.0. The first-order valence-corrected chi connectivity index (χ1v) is 9.49. The number of aryl methyl sites for hydroxylation is 1. The van der Waals surface area contributed by atoms with Crippen molar-refractivity contribution >= 4 is 17.8 Å². The lowest BCUT2D eigenvalue weighted by atomic mass is 10.1. The van der Waals surface area contributed by atoms with E-state index in [0.717, 1.165) is 16.0 Å². The van der Waals surface area contributed by atoms with Gasteiger partial charge >= 0.3 is 5.97 Å². The number of esters is 1. The molecule has 4 rings (SSSR count). The zero-order valence-electron chi connectivity index (χ0n) is 16.5. The lowest BCUT2D eigenvalue weighted by Crippen LogP contribution is -2.32. The highest BCUT2D eigenvalue weighted by atomic mass is 16.6. The van der Waals surface area contributed by atoms with E-state index in [1.54, 1.807) is 31.2 Å². The average molecular weight is 405 g/mol. The molecule has 1 aliphatic heterocycles. The Kier molecular flexibility index (Phi) is 5.14. The van der Waals surface area contributed by atoms with Crippen molar-refractivity contribution in [1.29, 1.82) is 0 Å². The largest absolute Gasteiger partial charge is 0.453 e. The highest BCUT2D eigenvalue weighted by Gasteiger charge is 2.35. The highest BCUT2D eigenvalue weighted by Crippen LogP contribution is 2.24. The van der Waals surface area contributed by atoms with E-state index in [2.05, 4.69) is 10.2 Å². The SMILES string of the molecule is Cc1ccc(-c2nnc([C@@H](C)OC(=O)CCN3C(=O)c4ccccc4C3=O)o2)cc1. The maximum atomic E-state index is 12.3. The molecule has 152 valence electrons.